The first kappa shape index (κ1) is 21.9. The molecule has 1 aliphatic rings. The third-order valence-corrected chi connectivity index (χ3v) is 5.29. The van der Waals surface area contributed by atoms with Crippen LogP contribution in [0.1, 0.15) is 33.4 Å². The largest absolute Gasteiger partial charge is 0.475 e. The van der Waals surface area contributed by atoms with Crippen molar-refractivity contribution in [3.05, 3.63) is 95.5 Å². The number of furan rings is 1. The normalized spacial score (nSPS) is 12.2. The molecule has 0 unspecified atom stereocenters. The van der Waals surface area contributed by atoms with Crippen LogP contribution in [0.3, 0.4) is 0 Å². The highest BCUT2D eigenvalue weighted by atomic mass is 16.5. The molecule has 0 aliphatic heterocycles. The van der Waals surface area contributed by atoms with E-state index in [9.17, 15) is 14.4 Å². The molecule has 33 heavy (non-hydrogen) atoms. The highest BCUT2D eigenvalue weighted by molar-refractivity contribution is 5.87. The van der Waals surface area contributed by atoms with Crippen molar-refractivity contribution in [3.63, 3.8) is 0 Å². The summed E-state index contributed by atoms with van der Waals surface area (Å²) in [5, 5.41) is 14.0. The minimum Gasteiger partial charge on any atom is -0.475 e. The van der Waals surface area contributed by atoms with Crippen molar-refractivity contribution in [3.8, 4) is 11.1 Å². The molecule has 0 saturated carbocycles. The van der Waals surface area contributed by atoms with Crippen molar-refractivity contribution < 1.29 is 28.6 Å². The Balaban J connectivity index is 1.21. The number of nitrogens with one attached hydrogen (secondary N) is 2. The number of benzene rings is 2. The van der Waals surface area contributed by atoms with Crippen molar-refractivity contribution in [2.24, 2.45) is 0 Å². The number of carboxylic acids is 1. The second-order valence-corrected chi connectivity index (χ2v) is 7.40. The van der Waals surface area contributed by atoms with Crippen molar-refractivity contribution >= 4 is 18.0 Å². The van der Waals surface area contributed by atoms with Gasteiger partial charge in [-0.3, -0.25) is 4.79 Å². The standard InChI is InChI=1S/C25H22N2O6/c28-23(27-14-16-11-12-22(33-16)24(29)30)10-5-13-26-25(31)32-15-21-19-8-3-1-6-17(19)18-7-2-4-9-20(18)21/h1-12,21H,13-15H2,(H,26,31)(H,27,28)(H,29,30)/b10-5+. The van der Waals surface area contributed by atoms with Gasteiger partial charge in [-0.1, -0.05) is 54.6 Å². The SMILES string of the molecule is O=C(/C=C/CNC(=O)OCC1c2ccccc2-c2ccccc21)NCc1ccc(C(=O)O)o1. The lowest BCUT2D eigenvalue weighted by Crippen LogP contribution is -2.26. The molecule has 1 aromatic heterocycles. The van der Waals surface area contributed by atoms with Crippen molar-refractivity contribution in [1.29, 1.82) is 0 Å². The molecular formula is C25H22N2O6. The zero-order valence-corrected chi connectivity index (χ0v) is 17.6. The molecule has 2 amide bonds. The van der Waals surface area contributed by atoms with E-state index < -0.39 is 18.0 Å². The molecule has 4 rings (SSSR count). The Bertz CT molecular complexity index is 1170. The summed E-state index contributed by atoms with van der Waals surface area (Å²) in [5.74, 6) is -1.47. The maximum absolute atomic E-state index is 12.1. The predicted octanol–water partition coefficient (Wildman–Crippen LogP) is 3.69. The molecular weight excluding hydrogens is 424 g/mol. The van der Waals surface area contributed by atoms with E-state index in [1.54, 1.807) is 0 Å². The quantitative estimate of drug-likeness (QED) is 0.454. The van der Waals surface area contributed by atoms with E-state index in [1.165, 1.54) is 24.3 Å². The predicted molar refractivity (Wildman–Crippen MR) is 120 cm³/mol. The molecule has 0 fully saturated rings. The molecule has 8 nitrogen and oxygen atoms in total. The maximum Gasteiger partial charge on any atom is 0.407 e. The summed E-state index contributed by atoms with van der Waals surface area (Å²) in [4.78, 5) is 34.7. The number of hydrogen-bond donors (Lipinski definition) is 3. The van der Waals surface area contributed by atoms with Gasteiger partial charge in [0.2, 0.25) is 11.7 Å². The molecule has 2 aromatic carbocycles. The van der Waals surface area contributed by atoms with Gasteiger partial charge in [0.1, 0.15) is 12.4 Å². The summed E-state index contributed by atoms with van der Waals surface area (Å²) in [6.45, 7) is 0.385. The molecule has 0 spiro atoms. The second kappa shape index (κ2) is 9.86. The lowest BCUT2D eigenvalue weighted by atomic mass is 9.98. The van der Waals surface area contributed by atoms with Gasteiger partial charge >= 0.3 is 12.1 Å². The van der Waals surface area contributed by atoms with Crippen LogP contribution in [0.15, 0.2) is 77.2 Å². The fourth-order valence-corrected chi connectivity index (χ4v) is 3.78. The molecule has 0 radical (unpaired) electrons. The zero-order chi connectivity index (χ0) is 23.2. The molecule has 1 aliphatic carbocycles. The number of rotatable bonds is 8. The number of carboxylic acid groups (broad SMARTS) is 1. The average Bonchev–Trinajstić information content (AvgIpc) is 3.42. The van der Waals surface area contributed by atoms with Crippen molar-refractivity contribution in [2.45, 2.75) is 12.5 Å². The Morgan fingerprint density at radius 1 is 0.939 bits per heavy atom. The highest BCUT2D eigenvalue weighted by Crippen LogP contribution is 2.44. The van der Waals surface area contributed by atoms with Gasteiger partial charge in [0.25, 0.3) is 0 Å². The van der Waals surface area contributed by atoms with Crippen LogP contribution in [-0.4, -0.2) is 36.2 Å². The molecule has 3 aromatic rings. The number of aromatic carboxylic acids is 1. The van der Waals surface area contributed by atoms with Crippen LogP contribution in [0.4, 0.5) is 4.79 Å². The van der Waals surface area contributed by atoms with Crippen molar-refractivity contribution in [2.75, 3.05) is 13.2 Å². The van der Waals surface area contributed by atoms with Crippen molar-refractivity contribution in [1.82, 2.24) is 10.6 Å². The Kier molecular flexibility index (Phi) is 6.54. The van der Waals surface area contributed by atoms with Gasteiger partial charge in [0.15, 0.2) is 0 Å². The van der Waals surface area contributed by atoms with Crippen LogP contribution in [0.25, 0.3) is 11.1 Å². The summed E-state index contributed by atoms with van der Waals surface area (Å²) in [6, 6.07) is 19.0. The fraction of sp³-hybridized carbons (Fsp3) is 0.160. The van der Waals surface area contributed by atoms with Crippen LogP contribution in [0.2, 0.25) is 0 Å². The zero-order valence-electron chi connectivity index (χ0n) is 17.6. The lowest BCUT2D eigenvalue weighted by molar-refractivity contribution is -0.116. The highest BCUT2D eigenvalue weighted by Gasteiger charge is 2.28. The van der Waals surface area contributed by atoms with E-state index in [0.717, 1.165) is 22.3 Å². The molecule has 0 saturated heterocycles. The van der Waals surface area contributed by atoms with E-state index in [-0.39, 0.29) is 31.4 Å². The topological polar surface area (TPSA) is 118 Å². The van der Waals surface area contributed by atoms with Crippen LogP contribution >= 0.6 is 0 Å². The number of carbonyl (C=O) groups excluding carboxylic acids is 2. The van der Waals surface area contributed by atoms with E-state index in [2.05, 4.69) is 22.8 Å². The first-order chi connectivity index (χ1) is 16.0. The number of ether oxygens (including phenoxy) is 1. The minimum atomic E-state index is -1.17. The van der Waals surface area contributed by atoms with E-state index in [4.69, 9.17) is 14.3 Å². The monoisotopic (exact) mass is 446 g/mol. The Labute approximate surface area is 189 Å². The molecule has 168 valence electrons. The number of fused-ring (bicyclic) bond motifs is 3. The number of amides is 2. The average molecular weight is 446 g/mol. The minimum absolute atomic E-state index is 0.0206. The molecule has 1 heterocycles. The summed E-state index contributed by atoms with van der Waals surface area (Å²) in [5.41, 5.74) is 4.58. The van der Waals surface area contributed by atoms with Crippen LogP contribution < -0.4 is 10.6 Å². The summed E-state index contributed by atoms with van der Waals surface area (Å²) in [6.07, 6.45) is 2.19. The summed E-state index contributed by atoms with van der Waals surface area (Å²) >= 11 is 0. The maximum atomic E-state index is 12.1. The van der Waals surface area contributed by atoms with Gasteiger partial charge < -0.3 is 24.9 Å². The third kappa shape index (κ3) is 5.12. The van der Waals surface area contributed by atoms with Crippen LogP contribution in [0.5, 0.6) is 0 Å². The van der Waals surface area contributed by atoms with Gasteiger partial charge in [0.05, 0.1) is 6.54 Å². The smallest absolute Gasteiger partial charge is 0.407 e. The van der Waals surface area contributed by atoms with Crippen LogP contribution in [-0.2, 0) is 16.1 Å². The first-order valence-corrected chi connectivity index (χ1v) is 10.4. The van der Waals surface area contributed by atoms with Gasteiger partial charge in [-0.25, -0.2) is 9.59 Å². The van der Waals surface area contributed by atoms with E-state index in [1.807, 2.05) is 36.4 Å². The van der Waals surface area contributed by atoms with Gasteiger partial charge in [-0.05, 0) is 34.4 Å². The first-order valence-electron chi connectivity index (χ1n) is 10.4. The third-order valence-electron chi connectivity index (χ3n) is 5.29. The lowest BCUT2D eigenvalue weighted by Gasteiger charge is -2.14. The second-order valence-electron chi connectivity index (χ2n) is 7.40. The summed E-state index contributed by atoms with van der Waals surface area (Å²) in [7, 11) is 0. The molecule has 8 heteroatoms. The molecule has 0 atom stereocenters. The molecule has 0 bridgehead atoms. The van der Waals surface area contributed by atoms with E-state index in [0.29, 0.717) is 5.76 Å². The Morgan fingerprint density at radius 3 is 2.24 bits per heavy atom. The number of alkyl carbamates (subject to hydrolysis) is 1. The molecule has 3 N–H and O–H groups in total. The van der Waals surface area contributed by atoms with Gasteiger partial charge in [0, 0.05) is 18.5 Å². The number of carbonyl (C=O) groups is 3. The number of hydrogen-bond acceptors (Lipinski definition) is 5. The fourth-order valence-electron chi connectivity index (χ4n) is 3.78. The van der Waals surface area contributed by atoms with Gasteiger partial charge in [-0.15, -0.1) is 0 Å². The van der Waals surface area contributed by atoms with E-state index >= 15 is 0 Å². The summed E-state index contributed by atoms with van der Waals surface area (Å²) < 4.78 is 10.5. The Morgan fingerprint density at radius 2 is 1.61 bits per heavy atom. The van der Waals surface area contributed by atoms with Gasteiger partial charge in [-0.2, -0.15) is 0 Å². The van der Waals surface area contributed by atoms with Crippen LogP contribution in [0, 0.1) is 0 Å². The Hall–Kier alpha value is -4.33.